The molecule has 0 radical (unpaired) electrons. The fourth-order valence-electron chi connectivity index (χ4n) is 0. The Bertz CT molecular complexity index is 9.61. The first-order valence-corrected chi connectivity index (χ1v) is 1.02. The summed E-state index contributed by atoms with van der Waals surface area (Å²) in [6, 6.07) is 0. The summed E-state index contributed by atoms with van der Waals surface area (Å²) in [6.45, 7) is 1.93. The zero-order valence-corrected chi connectivity index (χ0v) is 5.76. The van der Waals surface area contributed by atoms with Crippen molar-refractivity contribution in [2.45, 2.75) is 6.92 Å². The van der Waals surface area contributed by atoms with Crippen molar-refractivity contribution >= 4 is 0 Å². The van der Waals surface area contributed by atoms with Crippen molar-refractivity contribution in [3.8, 4) is 0 Å². The molecule has 0 aromatic rings. The van der Waals surface area contributed by atoms with Gasteiger partial charge in [0.2, 0.25) is 0 Å². The Morgan fingerprint density at radius 1 is 1.60 bits per heavy atom. The van der Waals surface area contributed by atoms with Gasteiger partial charge >= 0.3 is 22.4 Å². The van der Waals surface area contributed by atoms with Crippen molar-refractivity contribution < 1.29 is 39.9 Å². The van der Waals surface area contributed by atoms with Crippen LogP contribution in [0.5, 0.6) is 0 Å². The third-order valence-electron chi connectivity index (χ3n) is 0. The Morgan fingerprint density at radius 2 is 1.60 bits per heavy atom. The molecule has 0 saturated carbocycles. The Hall–Kier alpha value is 0.990. The van der Waals surface area contributed by atoms with E-state index in [2.05, 4.69) is 0 Å². The van der Waals surface area contributed by atoms with Gasteiger partial charge in [-0.05, 0) is 6.92 Å². The molecule has 0 aliphatic heterocycles. The van der Waals surface area contributed by atoms with Gasteiger partial charge in [0.05, 0.1) is 0 Å². The van der Waals surface area contributed by atoms with E-state index in [1.54, 1.807) is 6.92 Å². The second-order valence-corrected chi connectivity index (χ2v) is 0.316. The SMILES string of the molecule is CCO.[Au+].[Cl-]. The molecule has 38 valence electrons. The molecule has 0 heterocycles. The van der Waals surface area contributed by atoms with E-state index in [0.29, 0.717) is 0 Å². The smallest absolute Gasteiger partial charge is 1.00 e. The predicted molar refractivity (Wildman–Crippen MR) is 12.8 cm³/mol. The molecule has 0 aromatic heterocycles. The number of hydrogen-bond acceptors (Lipinski definition) is 1. The second kappa shape index (κ2) is 20.1. The molecule has 1 nitrogen and oxygen atoms in total. The van der Waals surface area contributed by atoms with E-state index in [0.717, 1.165) is 0 Å². The molecule has 0 rings (SSSR count). The van der Waals surface area contributed by atoms with Gasteiger partial charge in [-0.2, -0.15) is 0 Å². The summed E-state index contributed by atoms with van der Waals surface area (Å²) in [5.74, 6) is 0. The number of halogens is 1. The molecule has 0 saturated heterocycles. The van der Waals surface area contributed by atoms with E-state index in [-0.39, 0.29) is 41.4 Å². The minimum absolute atomic E-state index is 0. The molecule has 0 aliphatic carbocycles. The summed E-state index contributed by atoms with van der Waals surface area (Å²) < 4.78 is 0. The third kappa shape index (κ3) is 45.5. The number of hydrogen-bond donors (Lipinski definition) is 1. The van der Waals surface area contributed by atoms with E-state index in [4.69, 9.17) is 5.11 Å². The van der Waals surface area contributed by atoms with E-state index in [1.807, 2.05) is 0 Å². The van der Waals surface area contributed by atoms with E-state index < -0.39 is 0 Å². The molecule has 3 heteroatoms. The second-order valence-electron chi connectivity index (χ2n) is 0.316. The molecule has 0 unspecified atom stereocenters. The van der Waals surface area contributed by atoms with Gasteiger partial charge in [0.15, 0.2) is 0 Å². The van der Waals surface area contributed by atoms with Gasteiger partial charge in [-0.3, -0.25) is 0 Å². The van der Waals surface area contributed by atoms with E-state index in [9.17, 15) is 0 Å². The van der Waals surface area contributed by atoms with Crippen LogP contribution >= 0.6 is 0 Å². The van der Waals surface area contributed by atoms with Crippen LogP contribution in [0, 0.1) is 0 Å². The summed E-state index contributed by atoms with van der Waals surface area (Å²) in [5.41, 5.74) is 0. The van der Waals surface area contributed by atoms with Crippen molar-refractivity contribution in [3.05, 3.63) is 0 Å². The van der Waals surface area contributed by atoms with Crippen molar-refractivity contribution in [1.29, 1.82) is 0 Å². The minimum Gasteiger partial charge on any atom is -1.00 e. The molecule has 0 spiro atoms. The van der Waals surface area contributed by atoms with E-state index >= 15 is 0 Å². The van der Waals surface area contributed by atoms with Gasteiger partial charge in [-0.15, -0.1) is 0 Å². The van der Waals surface area contributed by atoms with Crippen LogP contribution in [0.1, 0.15) is 6.92 Å². The van der Waals surface area contributed by atoms with Gasteiger partial charge in [0.1, 0.15) is 0 Å². The normalized spacial score (nSPS) is 3.60. The minimum atomic E-state index is 0. The Kier molecular flexibility index (Phi) is 66.9. The molecule has 0 bridgehead atoms. The number of rotatable bonds is 0. The van der Waals surface area contributed by atoms with Crippen molar-refractivity contribution in [1.82, 2.24) is 0 Å². The molecular weight excluding hydrogens is 272 g/mol. The summed E-state index contributed by atoms with van der Waals surface area (Å²) in [6.07, 6.45) is 0. The first kappa shape index (κ1) is 16.7. The molecule has 0 fully saturated rings. The average molecular weight is 278 g/mol. The zero-order valence-electron chi connectivity index (χ0n) is 2.83. The summed E-state index contributed by atoms with van der Waals surface area (Å²) in [4.78, 5) is 0. The molecular formula is C2H6AuClO. The standard InChI is InChI=1S/C2H6O.Au.ClH/c1-2-3;;/h3H,2H2,1H3;;1H/q;+1;/p-1. The Morgan fingerprint density at radius 3 is 1.60 bits per heavy atom. The Balaban J connectivity index is -0.0000000200. The number of aliphatic hydroxyl groups excluding tert-OH is 1. The maximum atomic E-state index is 7.57. The van der Waals surface area contributed by atoms with Crippen LogP contribution in [-0.4, -0.2) is 11.7 Å². The van der Waals surface area contributed by atoms with Crippen LogP contribution in [0.3, 0.4) is 0 Å². The summed E-state index contributed by atoms with van der Waals surface area (Å²) >= 11 is 0. The molecule has 5 heavy (non-hydrogen) atoms. The maximum Gasteiger partial charge on any atom is 1.00 e. The van der Waals surface area contributed by atoms with Crippen molar-refractivity contribution in [2.24, 2.45) is 0 Å². The van der Waals surface area contributed by atoms with Gasteiger partial charge in [0.25, 0.3) is 0 Å². The summed E-state index contributed by atoms with van der Waals surface area (Å²) in [7, 11) is 0. The van der Waals surface area contributed by atoms with Crippen molar-refractivity contribution in [3.63, 3.8) is 0 Å². The van der Waals surface area contributed by atoms with Crippen LogP contribution in [0.4, 0.5) is 0 Å². The summed E-state index contributed by atoms with van der Waals surface area (Å²) in [5, 5.41) is 7.57. The van der Waals surface area contributed by atoms with Crippen molar-refractivity contribution in [2.75, 3.05) is 6.61 Å². The fourth-order valence-corrected chi connectivity index (χ4v) is 0. The van der Waals surface area contributed by atoms with Gasteiger partial charge in [0, 0.05) is 6.61 Å². The largest absolute Gasteiger partial charge is 1.00 e. The third-order valence-corrected chi connectivity index (χ3v) is 0. The Labute approximate surface area is 53.7 Å². The van der Waals surface area contributed by atoms with Crippen LogP contribution in [0.25, 0.3) is 0 Å². The molecule has 0 aliphatic rings. The fraction of sp³-hybridized carbons (Fsp3) is 1.00. The van der Waals surface area contributed by atoms with Crippen LogP contribution in [0.2, 0.25) is 0 Å². The number of aliphatic hydroxyl groups is 1. The predicted octanol–water partition coefficient (Wildman–Crippen LogP) is -3.00. The average Bonchev–Trinajstić information content (AvgIpc) is 0.918. The van der Waals surface area contributed by atoms with Gasteiger partial charge < -0.3 is 17.5 Å². The van der Waals surface area contributed by atoms with Crippen LogP contribution < -0.4 is 12.4 Å². The molecule has 0 amide bonds. The quantitative estimate of drug-likeness (QED) is 0.468. The first-order chi connectivity index (χ1) is 1.41. The zero-order chi connectivity index (χ0) is 2.71. The van der Waals surface area contributed by atoms with Crippen LogP contribution in [-0.2, 0) is 22.4 Å². The molecule has 0 aromatic carbocycles. The van der Waals surface area contributed by atoms with Gasteiger partial charge in [-0.25, -0.2) is 0 Å². The van der Waals surface area contributed by atoms with Gasteiger partial charge in [-0.1, -0.05) is 0 Å². The topological polar surface area (TPSA) is 20.2 Å². The molecule has 0 atom stereocenters. The van der Waals surface area contributed by atoms with Crippen LogP contribution in [0.15, 0.2) is 0 Å². The molecule has 1 N–H and O–H groups in total. The first-order valence-electron chi connectivity index (χ1n) is 1.02. The maximum absolute atomic E-state index is 7.57. The van der Waals surface area contributed by atoms with E-state index in [1.165, 1.54) is 0 Å². The monoisotopic (exact) mass is 278 g/mol.